The number of carbonyl (C=O) groups excluding carboxylic acids is 1. The van der Waals surface area contributed by atoms with Crippen molar-refractivity contribution in [3.8, 4) is 0 Å². The molecule has 0 aromatic carbocycles. The summed E-state index contributed by atoms with van der Waals surface area (Å²) < 4.78 is 0. The van der Waals surface area contributed by atoms with E-state index in [1.54, 1.807) is 24.2 Å². The molecule has 1 aliphatic heterocycles. The van der Waals surface area contributed by atoms with Crippen molar-refractivity contribution in [2.45, 2.75) is 0 Å². The monoisotopic (exact) mass is 127 g/mol. The predicted molar refractivity (Wildman–Crippen MR) is 33.8 cm³/mol. The molecule has 8 heavy (non-hydrogen) atoms. The smallest absolute Gasteiger partial charge is 0.217 e. The topological polar surface area (TPSA) is 20.3 Å². The van der Waals surface area contributed by atoms with Gasteiger partial charge in [0.25, 0.3) is 0 Å². The zero-order chi connectivity index (χ0) is 5.82. The molecule has 1 amide bonds. The summed E-state index contributed by atoms with van der Waals surface area (Å²) in [4.78, 5) is 11.4. The first-order chi connectivity index (χ1) is 3.93. The van der Waals surface area contributed by atoms with E-state index in [9.17, 15) is 4.79 Å². The van der Waals surface area contributed by atoms with E-state index in [4.69, 9.17) is 0 Å². The van der Waals surface area contributed by atoms with Crippen molar-refractivity contribution in [1.29, 1.82) is 0 Å². The summed E-state index contributed by atoms with van der Waals surface area (Å²) in [7, 11) is 0. The summed E-state index contributed by atoms with van der Waals surface area (Å²) in [5.74, 6) is 0. The lowest BCUT2D eigenvalue weighted by molar-refractivity contribution is -0.114. The van der Waals surface area contributed by atoms with E-state index in [1.165, 1.54) is 4.90 Å². The van der Waals surface area contributed by atoms with Gasteiger partial charge in [0, 0.05) is 12.4 Å². The van der Waals surface area contributed by atoms with Gasteiger partial charge in [0.05, 0.1) is 0 Å². The normalized spacial score (nSPS) is 16.8. The lowest BCUT2D eigenvalue weighted by Gasteiger charge is -2.06. The molecular formula is C5H5NOS. The SMILES string of the molecule is O=CN1C=CSC=C1. The van der Waals surface area contributed by atoms with Crippen molar-refractivity contribution in [2.75, 3.05) is 0 Å². The van der Waals surface area contributed by atoms with Gasteiger partial charge in [0.2, 0.25) is 6.41 Å². The summed E-state index contributed by atoms with van der Waals surface area (Å²) in [6.45, 7) is 0. The molecule has 1 aliphatic rings. The van der Waals surface area contributed by atoms with Crippen LogP contribution in [0.2, 0.25) is 0 Å². The van der Waals surface area contributed by atoms with Crippen molar-refractivity contribution in [3.63, 3.8) is 0 Å². The zero-order valence-electron chi connectivity index (χ0n) is 4.15. The summed E-state index contributed by atoms with van der Waals surface area (Å²) in [6.07, 6.45) is 4.17. The first-order valence-electron chi connectivity index (χ1n) is 2.15. The molecule has 1 heterocycles. The molecule has 0 atom stereocenters. The fourth-order valence-electron chi connectivity index (χ4n) is 0.376. The molecule has 0 bridgehead atoms. The number of hydrogen-bond acceptors (Lipinski definition) is 2. The standard InChI is InChI=1S/C5H5NOS/c7-5-6-1-3-8-4-2-6/h1-5H. The fourth-order valence-corrected chi connectivity index (χ4v) is 0.889. The Bertz CT molecular complexity index is 129. The highest BCUT2D eigenvalue weighted by Crippen LogP contribution is 2.10. The second-order valence-electron chi connectivity index (χ2n) is 1.26. The van der Waals surface area contributed by atoms with Crippen LogP contribution in [0.5, 0.6) is 0 Å². The number of nitrogens with zero attached hydrogens (tertiary/aromatic N) is 1. The van der Waals surface area contributed by atoms with Gasteiger partial charge in [-0.15, -0.1) is 11.8 Å². The molecule has 0 radical (unpaired) electrons. The van der Waals surface area contributed by atoms with E-state index in [0.29, 0.717) is 0 Å². The first kappa shape index (κ1) is 5.44. The molecule has 0 saturated heterocycles. The minimum Gasteiger partial charge on any atom is -0.296 e. The highest BCUT2D eigenvalue weighted by atomic mass is 32.2. The van der Waals surface area contributed by atoms with Crippen molar-refractivity contribution < 1.29 is 4.79 Å². The Balaban J connectivity index is 2.54. The molecule has 42 valence electrons. The van der Waals surface area contributed by atoms with Gasteiger partial charge < -0.3 is 0 Å². The van der Waals surface area contributed by atoms with Crippen molar-refractivity contribution >= 4 is 18.2 Å². The van der Waals surface area contributed by atoms with Gasteiger partial charge in [-0.2, -0.15) is 0 Å². The molecular weight excluding hydrogens is 122 g/mol. The zero-order valence-corrected chi connectivity index (χ0v) is 4.97. The third kappa shape index (κ3) is 1.13. The number of rotatable bonds is 1. The van der Waals surface area contributed by atoms with Crippen LogP contribution in [0.4, 0.5) is 0 Å². The first-order valence-corrected chi connectivity index (χ1v) is 3.09. The second-order valence-corrected chi connectivity index (χ2v) is 2.08. The molecule has 0 spiro atoms. The molecule has 3 heteroatoms. The Morgan fingerprint density at radius 3 is 2.38 bits per heavy atom. The van der Waals surface area contributed by atoms with Crippen LogP contribution in [0.3, 0.4) is 0 Å². The van der Waals surface area contributed by atoms with Gasteiger partial charge in [-0.1, -0.05) is 0 Å². The summed E-state index contributed by atoms with van der Waals surface area (Å²) in [5, 5.41) is 3.68. The highest BCUT2D eigenvalue weighted by molar-refractivity contribution is 8.04. The lowest BCUT2D eigenvalue weighted by atomic mass is 10.8. The van der Waals surface area contributed by atoms with Crippen molar-refractivity contribution in [1.82, 2.24) is 4.90 Å². The molecule has 0 aliphatic carbocycles. The molecule has 2 nitrogen and oxygen atoms in total. The van der Waals surface area contributed by atoms with Crippen LogP contribution >= 0.6 is 11.8 Å². The van der Waals surface area contributed by atoms with Crippen LogP contribution in [-0.4, -0.2) is 11.3 Å². The Hall–Kier alpha value is -0.700. The van der Waals surface area contributed by atoms with Crippen LogP contribution < -0.4 is 0 Å². The molecule has 0 aromatic rings. The maximum Gasteiger partial charge on any atom is 0.217 e. The molecule has 1 rings (SSSR count). The third-order valence-corrected chi connectivity index (χ3v) is 1.30. The van der Waals surface area contributed by atoms with Gasteiger partial charge >= 0.3 is 0 Å². The highest BCUT2D eigenvalue weighted by Gasteiger charge is 1.90. The Morgan fingerprint density at radius 1 is 1.38 bits per heavy atom. The van der Waals surface area contributed by atoms with E-state index >= 15 is 0 Å². The van der Waals surface area contributed by atoms with Crippen LogP contribution in [0.15, 0.2) is 23.2 Å². The molecule has 0 fully saturated rings. The summed E-state index contributed by atoms with van der Waals surface area (Å²) in [6, 6.07) is 0. The average Bonchev–Trinajstić information content (AvgIpc) is 1.90. The van der Waals surface area contributed by atoms with Gasteiger partial charge in [0.1, 0.15) is 0 Å². The maximum absolute atomic E-state index is 9.97. The van der Waals surface area contributed by atoms with Gasteiger partial charge in [-0.25, -0.2) is 0 Å². The van der Waals surface area contributed by atoms with E-state index < -0.39 is 0 Å². The van der Waals surface area contributed by atoms with E-state index in [1.807, 2.05) is 10.8 Å². The lowest BCUT2D eigenvalue weighted by Crippen LogP contribution is -2.05. The van der Waals surface area contributed by atoms with E-state index in [0.717, 1.165) is 6.41 Å². The predicted octanol–water partition coefficient (Wildman–Crippen LogP) is 1.13. The largest absolute Gasteiger partial charge is 0.296 e. The molecule has 0 aromatic heterocycles. The Kier molecular flexibility index (Phi) is 1.75. The Labute approximate surface area is 51.9 Å². The van der Waals surface area contributed by atoms with E-state index in [-0.39, 0.29) is 0 Å². The van der Waals surface area contributed by atoms with Crippen molar-refractivity contribution in [2.24, 2.45) is 0 Å². The maximum atomic E-state index is 9.97. The second kappa shape index (κ2) is 2.57. The van der Waals surface area contributed by atoms with Gasteiger partial charge in [-0.3, -0.25) is 9.69 Å². The van der Waals surface area contributed by atoms with Gasteiger partial charge in [-0.05, 0) is 10.8 Å². The van der Waals surface area contributed by atoms with Crippen LogP contribution in [0.1, 0.15) is 0 Å². The number of carbonyl (C=O) groups is 1. The number of amides is 1. The molecule has 0 unspecified atom stereocenters. The average molecular weight is 127 g/mol. The van der Waals surface area contributed by atoms with E-state index in [2.05, 4.69) is 0 Å². The van der Waals surface area contributed by atoms with Crippen LogP contribution in [0, 0.1) is 0 Å². The number of thioether (sulfide) groups is 1. The minimum absolute atomic E-state index is 0.757. The fraction of sp³-hybridized carbons (Fsp3) is 0. The summed E-state index contributed by atoms with van der Waals surface area (Å²) >= 11 is 1.55. The van der Waals surface area contributed by atoms with Crippen LogP contribution in [-0.2, 0) is 4.79 Å². The number of hydrogen-bond donors (Lipinski definition) is 0. The van der Waals surface area contributed by atoms with Crippen LogP contribution in [0.25, 0.3) is 0 Å². The Morgan fingerprint density at radius 2 is 2.00 bits per heavy atom. The minimum atomic E-state index is 0.757. The van der Waals surface area contributed by atoms with Gasteiger partial charge in [0.15, 0.2) is 0 Å². The quantitative estimate of drug-likeness (QED) is 0.492. The molecule has 0 N–H and O–H groups in total. The van der Waals surface area contributed by atoms with Crippen molar-refractivity contribution in [3.05, 3.63) is 23.2 Å². The summed E-state index contributed by atoms with van der Waals surface area (Å²) in [5.41, 5.74) is 0. The molecule has 0 saturated carbocycles. The third-order valence-electron chi connectivity index (χ3n) is 0.745.